The third-order valence-electron chi connectivity index (χ3n) is 1.95. The van der Waals surface area contributed by atoms with Crippen molar-refractivity contribution in [3.05, 3.63) is 37.0 Å². The molecule has 0 rings (SSSR count). The number of carboxylic acids is 1. The topological polar surface area (TPSA) is 89.9 Å². The lowest BCUT2D eigenvalue weighted by Crippen LogP contribution is -2.37. The maximum atomic E-state index is 10.3. The molecule has 0 aromatic rings. The molecule has 0 fully saturated rings. The van der Waals surface area contributed by atoms with Crippen LogP contribution in [0.1, 0.15) is 13.8 Å². The number of carbonyl (C=O) groups excluding carboxylic acids is 2. The van der Waals surface area contributed by atoms with Gasteiger partial charge in [-0.3, -0.25) is 0 Å². The van der Waals surface area contributed by atoms with E-state index in [0.29, 0.717) is 23.2 Å². The number of esters is 2. The standard InChI is InChI=1S/C7H13NO2.2C5H8O2/c1-6(7(9)10)5-8(2,3)4;1-4(2)5(6)7-3;1-3-5(6)7-4-2/h1,5H2,2-4H3;1H2,2-3H3;3H,1,4H2,2H3/p+1. The molecule has 0 unspecified atom stereocenters. The quantitative estimate of drug-likeness (QED) is 0.449. The second-order valence-electron chi connectivity index (χ2n) is 5.59. The first-order valence-corrected chi connectivity index (χ1v) is 7.06. The molecule has 0 heterocycles. The van der Waals surface area contributed by atoms with E-state index in [9.17, 15) is 14.4 Å². The van der Waals surface area contributed by atoms with Gasteiger partial charge in [-0.15, -0.1) is 0 Å². The highest BCUT2D eigenvalue weighted by molar-refractivity contribution is 5.86. The molecule has 138 valence electrons. The molecule has 0 spiro atoms. The van der Waals surface area contributed by atoms with Crippen LogP contribution in [0.3, 0.4) is 0 Å². The first-order chi connectivity index (χ1) is 10.8. The molecule has 0 radical (unpaired) electrons. The van der Waals surface area contributed by atoms with E-state index >= 15 is 0 Å². The number of likely N-dealkylation sites (N-methyl/N-ethyl adjacent to an activating group) is 1. The van der Waals surface area contributed by atoms with E-state index in [4.69, 9.17) is 5.11 Å². The number of hydrogen-bond acceptors (Lipinski definition) is 5. The van der Waals surface area contributed by atoms with E-state index in [1.54, 1.807) is 13.8 Å². The lowest BCUT2D eigenvalue weighted by atomic mass is 10.3. The fourth-order valence-corrected chi connectivity index (χ4v) is 1.02. The predicted molar refractivity (Wildman–Crippen MR) is 93.3 cm³/mol. The Morgan fingerprint density at radius 1 is 1.17 bits per heavy atom. The van der Waals surface area contributed by atoms with Gasteiger partial charge in [0.25, 0.3) is 0 Å². The summed E-state index contributed by atoms with van der Waals surface area (Å²) in [5.74, 6) is -1.62. The highest BCUT2D eigenvalue weighted by Gasteiger charge is 2.13. The Labute approximate surface area is 144 Å². The number of quaternary nitrogens is 1. The van der Waals surface area contributed by atoms with Crippen molar-refractivity contribution < 1.29 is 33.4 Å². The summed E-state index contributed by atoms with van der Waals surface area (Å²) >= 11 is 0. The Morgan fingerprint density at radius 3 is 1.71 bits per heavy atom. The fraction of sp³-hybridized carbons (Fsp3) is 0.471. The van der Waals surface area contributed by atoms with Crippen LogP contribution < -0.4 is 0 Å². The van der Waals surface area contributed by atoms with Gasteiger partial charge in [-0.2, -0.15) is 0 Å². The van der Waals surface area contributed by atoms with Gasteiger partial charge in [0.2, 0.25) is 0 Å². The molecule has 0 aliphatic rings. The van der Waals surface area contributed by atoms with Crippen LogP contribution in [-0.2, 0) is 23.9 Å². The molecule has 0 amide bonds. The molecule has 0 aliphatic carbocycles. The third-order valence-corrected chi connectivity index (χ3v) is 1.95. The number of methoxy groups -OCH3 is 1. The molecule has 0 saturated heterocycles. The van der Waals surface area contributed by atoms with Crippen molar-refractivity contribution in [2.45, 2.75) is 13.8 Å². The zero-order valence-electron chi connectivity index (χ0n) is 15.5. The zero-order chi connectivity index (χ0) is 19.9. The normalized spacial score (nSPS) is 9.08. The monoisotopic (exact) mass is 344 g/mol. The molecule has 0 aromatic carbocycles. The number of ether oxygens (including phenoxy) is 2. The van der Waals surface area contributed by atoms with Crippen LogP contribution in [0.25, 0.3) is 0 Å². The summed E-state index contributed by atoms with van der Waals surface area (Å²) in [5, 5.41) is 8.44. The number of nitrogens with zero attached hydrogens (tertiary/aromatic N) is 1. The van der Waals surface area contributed by atoms with Crippen LogP contribution in [0.15, 0.2) is 37.0 Å². The summed E-state index contributed by atoms with van der Waals surface area (Å²) in [7, 11) is 7.10. The Balaban J connectivity index is -0.000000283. The highest BCUT2D eigenvalue weighted by Crippen LogP contribution is 1.98. The van der Waals surface area contributed by atoms with Crippen LogP contribution in [0.4, 0.5) is 0 Å². The van der Waals surface area contributed by atoms with Crippen molar-refractivity contribution in [3.8, 4) is 0 Å². The van der Waals surface area contributed by atoms with Gasteiger partial charge in [-0.05, 0) is 13.8 Å². The third kappa shape index (κ3) is 21.9. The summed E-state index contributed by atoms with van der Waals surface area (Å²) in [4.78, 5) is 30.5. The first-order valence-electron chi connectivity index (χ1n) is 7.06. The second-order valence-corrected chi connectivity index (χ2v) is 5.59. The molecular formula is C17H30NO6+. The van der Waals surface area contributed by atoms with Gasteiger partial charge in [0.15, 0.2) is 0 Å². The Morgan fingerprint density at radius 2 is 1.62 bits per heavy atom. The number of aliphatic carboxylic acids is 1. The minimum atomic E-state index is -0.909. The van der Waals surface area contributed by atoms with Gasteiger partial charge >= 0.3 is 17.9 Å². The predicted octanol–water partition coefficient (Wildman–Crippen LogP) is 1.80. The maximum Gasteiger partial charge on any atom is 0.336 e. The van der Waals surface area contributed by atoms with Crippen LogP contribution in [-0.4, -0.2) is 68.9 Å². The SMILES string of the molecule is C=C(C)C(=O)OC.C=C(C[N+](C)(C)C)C(=O)O.C=CC(=O)OCC. The van der Waals surface area contributed by atoms with Crippen molar-refractivity contribution in [1.82, 2.24) is 0 Å². The first kappa shape index (κ1) is 26.5. The molecule has 0 bridgehead atoms. The van der Waals surface area contributed by atoms with Gasteiger partial charge in [0.1, 0.15) is 6.54 Å². The summed E-state index contributed by atoms with van der Waals surface area (Å²) < 4.78 is 9.31. The average Bonchev–Trinajstić information content (AvgIpc) is 2.45. The zero-order valence-corrected chi connectivity index (χ0v) is 15.5. The Bertz CT molecular complexity index is 458. The molecule has 0 aliphatic heterocycles. The lowest BCUT2D eigenvalue weighted by Gasteiger charge is -2.23. The molecule has 0 aromatic heterocycles. The molecule has 0 saturated carbocycles. The van der Waals surface area contributed by atoms with E-state index < -0.39 is 5.97 Å². The number of hydrogen-bond donors (Lipinski definition) is 1. The van der Waals surface area contributed by atoms with Crippen molar-refractivity contribution in [2.24, 2.45) is 0 Å². The summed E-state index contributed by atoms with van der Waals surface area (Å²) in [6, 6.07) is 0. The molecule has 0 atom stereocenters. The van der Waals surface area contributed by atoms with Gasteiger partial charge in [0.05, 0.1) is 40.4 Å². The van der Waals surface area contributed by atoms with Crippen molar-refractivity contribution in [3.63, 3.8) is 0 Å². The molecule has 7 heteroatoms. The van der Waals surface area contributed by atoms with E-state index in [2.05, 4.69) is 29.2 Å². The number of carboxylic acid groups (broad SMARTS) is 1. The molecule has 1 N–H and O–H groups in total. The lowest BCUT2D eigenvalue weighted by molar-refractivity contribution is -0.865. The summed E-state index contributed by atoms with van der Waals surface area (Å²) in [6.07, 6.45) is 1.14. The average molecular weight is 344 g/mol. The summed E-state index contributed by atoms with van der Waals surface area (Å²) in [5.41, 5.74) is 0.690. The maximum absolute atomic E-state index is 10.3. The minimum Gasteiger partial charge on any atom is -0.478 e. The van der Waals surface area contributed by atoms with Gasteiger partial charge in [-0.25, -0.2) is 14.4 Å². The molecule has 24 heavy (non-hydrogen) atoms. The van der Waals surface area contributed by atoms with Crippen molar-refractivity contribution in [1.29, 1.82) is 0 Å². The highest BCUT2D eigenvalue weighted by atomic mass is 16.5. The molecule has 7 nitrogen and oxygen atoms in total. The van der Waals surface area contributed by atoms with Crippen LogP contribution in [0.2, 0.25) is 0 Å². The van der Waals surface area contributed by atoms with E-state index in [1.165, 1.54) is 7.11 Å². The van der Waals surface area contributed by atoms with Crippen LogP contribution in [0, 0.1) is 0 Å². The van der Waals surface area contributed by atoms with E-state index in [-0.39, 0.29) is 17.5 Å². The number of carbonyl (C=O) groups is 3. The Hall–Kier alpha value is -2.41. The van der Waals surface area contributed by atoms with E-state index in [0.717, 1.165) is 6.08 Å². The van der Waals surface area contributed by atoms with Gasteiger partial charge in [0, 0.05) is 11.6 Å². The smallest absolute Gasteiger partial charge is 0.336 e. The Kier molecular flexibility index (Phi) is 15.7. The van der Waals surface area contributed by atoms with E-state index in [1.807, 2.05) is 21.1 Å². The van der Waals surface area contributed by atoms with Gasteiger partial charge in [-0.1, -0.05) is 19.7 Å². The van der Waals surface area contributed by atoms with Crippen LogP contribution in [0.5, 0.6) is 0 Å². The van der Waals surface area contributed by atoms with Crippen molar-refractivity contribution >= 4 is 17.9 Å². The second kappa shape index (κ2) is 14.2. The largest absolute Gasteiger partial charge is 0.478 e. The van der Waals surface area contributed by atoms with Crippen molar-refractivity contribution in [2.75, 3.05) is 41.4 Å². The number of rotatable bonds is 6. The minimum absolute atomic E-state index is 0.257. The van der Waals surface area contributed by atoms with Crippen LogP contribution >= 0.6 is 0 Å². The van der Waals surface area contributed by atoms with Gasteiger partial charge < -0.3 is 19.1 Å². The molecular weight excluding hydrogens is 314 g/mol. The summed E-state index contributed by atoms with van der Waals surface area (Å²) in [6.45, 7) is 14.2. The fourth-order valence-electron chi connectivity index (χ4n) is 1.02.